The lowest BCUT2D eigenvalue weighted by atomic mass is 10.2. The molecule has 1 fully saturated rings. The number of amides is 1. The molecule has 1 aliphatic rings. The lowest BCUT2D eigenvalue weighted by Crippen LogP contribution is -2.39. The molecule has 2 heterocycles. The quantitative estimate of drug-likeness (QED) is 0.845. The highest BCUT2D eigenvalue weighted by molar-refractivity contribution is 5.99. The Bertz CT molecular complexity index is 788. The van der Waals surface area contributed by atoms with E-state index in [2.05, 4.69) is 16.3 Å². The third-order valence-corrected chi connectivity index (χ3v) is 4.59. The number of benzene rings is 1. The fourth-order valence-corrected chi connectivity index (χ4v) is 2.97. The van der Waals surface area contributed by atoms with Crippen molar-refractivity contribution in [1.82, 2.24) is 19.7 Å². The molecule has 1 saturated heterocycles. The molecule has 1 aliphatic heterocycles. The first-order valence-electron chi connectivity index (χ1n) is 7.88. The SMILES string of the molecule is Cc1nnc(CN(C)[C@@H]2CCN(c3ccc(C#N)cc3)C2=O)n1C. The Morgan fingerprint density at radius 3 is 2.62 bits per heavy atom. The van der Waals surface area contributed by atoms with Gasteiger partial charge in [-0.1, -0.05) is 0 Å². The van der Waals surface area contributed by atoms with Crippen molar-refractivity contribution < 1.29 is 4.79 Å². The van der Waals surface area contributed by atoms with Crippen LogP contribution in [0.3, 0.4) is 0 Å². The van der Waals surface area contributed by atoms with E-state index in [4.69, 9.17) is 5.26 Å². The van der Waals surface area contributed by atoms with Crippen LogP contribution in [0, 0.1) is 18.3 Å². The van der Waals surface area contributed by atoms with Crippen LogP contribution in [-0.2, 0) is 18.4 Å². The molecule has 0 unspecified atom stereocenters. The van der Waals surface area contributed by atoms with Crippen molar-refractivity contribution in [2.45, 2.75) is 25.9 Å². The number of carbonyl (C=O) groups is 1. The molecular weight excluding hydrogens is 304 g/mol. The number of likely N-dealkylation sites (N-methyl/N-ethyl adjacent to an activating group) is 1. The smallest absolute Gasteiger partial charge is 0.244 e. The number of rotatable bonds is 4. The molecule has 1 aromatic heterocycles. The van der Waals surface area contributed by atoms with Gasteiger partial charge in [0.25, 0.3) is 0 Å². The highest BCUT2D eigenvalue weighted by atomic mass is 16.2. The van der Waals surface area contributed by atoms with Crippen molar-refractivity contribution in [3.63, 3.8) is 0 Å². The summed E-state index contributed by atoms with van der Waals surface area (Å²) >= 11 is 0. The predicted molar refractivity (Wildman–Crippen MR) is 89.1 cm³/mol. The van der Waals surface area contributed by atoms with Gasteiger partial charge in [0.15, 0.2) is 0 Å². The van der Waals surface area contributed by atoms with E-state index in [9.17, 15) is 4.79 Å². The molecule has 0 spiro atoms. The van der Waals surface area contributed by atoms with E-state index in [0.29, 0.717) is 18.7 Å². The van der Waals surface area contributed by atoms with E-state index in [1.54, 1.807) is 17.0 Å². The maximum absolute atomic E-state index is 12.8. The number of nitrogens with zero attached hydrogens (tertiary/aromatic N) is 6. The first-order chi connectivity index (χ1) is 11.5. The highest BCUT2D eigenvalue weighted by Gasteiger charge is 2.35. The van der Waals surface area contributed by atoms with Gasteiger partial charge in [-0.3, -0.25) is 9.69 Å². The summed E-state index contributed by atoms with van der Waals surface area (Å²) in [6.07, 6.45) is 0.770. The fourth-order valence-electron chi connectivity index (χ4n) is 2.97. The maximum atomic E-state index is 12.8. The average molecular weight is 324 g/mol. The second-order valence-corrected chi connectivity index (χ2v) is 6.09. The Hall–Kier alpha value is -2.72. The number of anilines is 1. The van der Waals surface area contributed by atoms with Crippen LogP contribution in [0.4, 0.5) is 5.69 Å². The van der Waals surface area contributed by atoms with Crippen LogP contribution in [0.15, 0.2) is 24.3 Å². The third kappa shape index (κ3) is 2.88. The van der Waals surface area contributed by atoms with Crippen LogP contribution in [0.5, 0.6) is 0 Å². The molecule has 1 atom stereocenters. The molecule has 124 valence electrons. The normalized spacial score (nSPS) is 17.5. The zero-order valence-corrected chi connectivity index (χ0v) is 14.1. The largest absolute Gasteiger partial charge is 0.317 e. The number of aromatic nitrogens is 3. The lowest BCUT2D eigenvalue weighted by molar-refractivity contribution is -0.121. The van der Waals surface area contributed by atoms with E-state index in [1.165, 1.54) is 0 Å². The average Bonchev–Trinajstić information content (AvgIpc) is 3.12. The van der Waals surface area contributed by atoms with Gasteiger partial charge in [0.05, 0.1) is 24.2 Å². The van der Waals surface area contributed by atoms with Crippen LogP contribution in [0.2, 0.25) is 0 Å². The van der Waals surface area contributed by atoms with Gasteiger partial charge in [-0.15, -0.1) is 10.2 Å². The van der Waals surface area contributed by atoms with Gasteiger partial charge in [-0.25, -0.2) is 0 Å². The first-order valence-corrected chi connectivity index (χ1v) is 7.88. The number of hydrogen-bond donors (Lipinski definition) is 0. The summed E-state index contributed by atoms with van der Waals surface area (Å²) in [5.74, 6) is 1.79. The molecule has 0 saturated carbocycles. The number of carbonyl (C=O) groups excluding carboxylic acids is 1. The molecule has 2 aromatic rings. The van der Waals surface area contributed by atoms with Gasteiger partial charge >= 0.3 is 0 Å². The van der Waals surface area contributed by atoms with Gasteiger partial charge in [0.2, 0.25) is 5.91 Å². The molecule has 0 N–H and O–H groups in total. The van der Waals surface area contributed by atoms with Gasteiger partial charge in [0.1, 0.15) is 11.6 Å². The topological polar surface area (TPSA) is 78.1 Å². The molecule has 0 bridgehead atoms. The third-order valence-electron chi connectivity index (χ3n) is 4.59. The minimum atomic E-state index is -0.169. The zero-order valence-electron chi connectivity index (χ0n) is 14.1. The number of hydrogen-bond acceptors (Lipinski definition) is 5. The van der Waals surface area contributed by atoms with Gasteiger partial charge in [-0.05, 0) is 44.7 Å². The van der Waals surface area contributed by atoms with Gasteiger partial charge in [0, 0.05) is 19.3 Å². The molecule has 1 amide bonds. The Morgan fingerprint density at radius 2 is 2.04 bits per heavy atom. The summed E-state index contributed by atoms with van der Waals surface area (Å²) in [5.41, 5.74) is 1.43. The Labute approximate surface area is 141 Å². The Kier molecular flexibility index (Phi) is 4.32. The Balaban J connectivity index is 1.71. The first kappa shape index (κ1) is 16.1. The lowest BCUT2D eigenvalue weighted by Gasteiger charge is -2.23. The van der Waals surface area contributed by atoms with Crippen LogP contribution >= 0.6 is 0 Å². The summed E-state index contributed by atoms with van der Waals surface area (Å²) in [7, 11) is 3.87. The van der Waals surface area contributed by atoms with Crippen molar-refractivity contribution in [1.29, 1.82) is 5.26 Å². The number of aryl methyl sites for hydroxylation is 1. The molecule has 1 aromatic carbocycles. The van der Waals surface area contributed by atoms with E-state index in [0.717, 1.165) is 23.8 Å². The minimum Gasteiger partial charge on any atom is -0.317 e. The molecule has 3 rings (SSSR count). The highest BCUT2D eigenvalue weighted by Crippen LogP contribution is 2.24. The van der Waals surface area contributed by atoms with Crippen molar-refractivity contribution >= 4 is 11.6 Å². The van der Waals surface area contributed by atoms with Crippen LogP contribution < -0.4 is 4.90 Å². The van der Waals surface area contributed by atoms with Crippen molar-refractivity contribution in [3.8, 4) is 6.07 Å². The van der Waals surface area contributed by atoms with Crippen LogP contribution in [0.25, 0.3) is 0 Å². The fraction of sp³-hybridized carbons (Fsp3) is 0.412. The van der Waals surface area contributed by atoms with E-state index < -0.39 is 0 Å². The van der Waals surface area contributed by atoms with Crippen molar-refractivity contribution in [2.75, 3.05) is 18.5 Å². The second kappa shape index (κ2) is 6.42. The van der Waals surface area contributed by atoms with Crippen molar-refractivity contribution in [2.24, 2.45) is 7.05 Å². The summed E-state index contributed by atoms with van der Waals surface area (Å²) in [4.78, 5) is 16.6. The van der Waals surface area contributed by atoms with Crippen LogP contribution in [0.1, 0.15) is 23.6 Å². The van der Waals surface area contributed by atoms with E-state index in [1.807, 2.05) is 42.6 Å². The summed E-state index contributed by atoms with van der Waals surface area (Å²) in [6.45, 7) is 3.16. The predicted octanol–water partition coefficient (Wildman–Crippen LogP) is 1.23. The van der Waals surface area contributed by atoms with E-state index >= 15 is 0 Å². The molecule has 0 aliphatic carbocycles. The minimum absolute atomic E-state index is 0.0843. The summed E-state index contributed by atoms with van der Waals surface area (Å²) in [6, 6.07) is 9.05. The summed E-state index contributed by atoms with van der Waals surface area (Å²) in [5, 5.41) is 17.1. The second-order valence-electron chi connectivity index (χ2n) is 6.09. The summed E-state index contributed by atoms with van der Waals surface area (Å²) < 4.78 is 1.94. The Morgan fingerprint density at radius 1 is 1.33 bits per heavy atom. The maximum Gasteiger partial charge on any atom is 0.244 e. The molecule has 0 radical (unpaired) electrons. The van der Waals surface area contributed by atoms with E-state index in [-0.39, 0.29) is 11.9 Å². The molecule has 7 heteroatoms. The standard InChI is InChI=1S/C17H20N6O/c1-12-19-20-16(22(12)3)11-21(2)15-8-9-23(17(15)24)14-6-4-13(10-18)5-7-14/h4-7,15H,8-9,11H2,1-3H3/t15-/m1/s1. The number of nitriles is 1. The molecule has 7 nitrogen and oxygen atoms in total. The molecular formula is C17H20N6O. The monoisotopic (exact) mass is 324 g/mol. The van der Waals surface area contributed by atoms with Gasteiger partial charge in [-0.2, -0.15) is 5.26 Å². The zero-order chi connectivity index (χ0) is 17.3. The van der Waals surface area contributed by atoms with Gasteiger partial charge < -0.3 is 9.47 Å². The van der Waals surface area contributed by atoms with Crippen LogP contribution in [-0.4, -0.2) is 45.2 Å². The van der Waals surface area contributed by atoms with Crippen molar-refractivity contribution in [3.05, 3.63) is 41.5 Å². The molecule has 24 heavy (non-hydrogen) atoms.